The van der Waals surface area contributed by atoms with E-state index >= 15 is 0 Å². The normalized spacial score (nSPS) is 20.7. The molecule has 0 aliphatic heterocycles. The average molecular weight is 323 g/mol. The molecule has 1 aliphatic carbocycles. The first-order valence-electron chi connectivity index (χ1n) is 9.26. The van der Waals surface area contributed by atoms with Crippen molar-refractivity contribution in [1.82, 2.24) is 10.3 Å². The second-order valence-corrected chi connectivity index (χ2v) is 6.92. The predicted molar refractivity (Wildman–Crippen MR) is 101 cm³/mol. The monoisotopic (exact) mass is 323 g/mol. The Bertz CT molecular complexity index is 585. The number of benzene rings is 1. The Morgan fingerprint density at radius 1 is 1.04 bits per heavy atom. The van der Waals surface area contributed by atoms with Gasteiger partial charge in [0.25, 0.3) is 0 Å². The Kier molecular flexibility index (Phi) is 6.25. The minimum atomic E-state index is 0.682. The van der Waals surface area contributed by atoms with Crippen molar-refractivity contribution in [2.75, 3.05) is 18.0 Å². The van der Waals surface area contributed by atoms with Gasteiger partial charge in [-0.3, -0.25) is 0 Å². The second kappa shape index (κ2) is 8.84. The van der Waals surface area contributed by atoms with Crippen LogP contribution >= 0.6 is 0 Å². The number of hydrogen-bond donors (Lipinski definition) is 1. The zero-order valence-corrected chi connectivity index (χ0v) is 14.7. The number of hydrogen-bond acceptors (Lipinski definition) is 3. The van der Waals surface area contributed by atoms with Crippen LogP contribution in [0.5, 0.6) is 0 Å². The fourth-order valence-electron chi connectivity index (χ4n) is 3.62. The van der Waals surface area contributed by atoms with Gasteiger partial charge in [0.05, 0.1) is 0 Å². The number of nitrogens with one attached hydrogen (secondary N) is 1. The van der Waals surface area contributed by atoms with Crippen LogP contribution in [0.4, 0.5) is 5.82 Å². The molecule has 24 heavy (non-hydrogen) atoms. The number of nitrogens with zero attached hydrogens (tertiary/aromatic N) is 2. The van der Waals surface area contributed by atoms with Crippen molar-refractivity contribution in [3.8, 4) is 0 Å². The zero-order valence-electron chi connectivity index (χ0n) is 14.7. The third kappa shape index (κ3) is 4.81. The summed E-state index contributed by atoms with van der Waals surface area (Å²) in [4.78, 5) is 6.92. The SMILES string of the molecule is CC1CCCCC1NCCN(Cc1ccccc1)c1ccccn1. The van der Waals surface area contributed by atoms with Crippen LogP contribution in [0.1, 0.15) is 38.2 Å². The molecule has 1 aromatic heterocycles. The standard InChI is InChI=1S/C21H29N3/c1-18-9-5-6-12-20(18)22-15-16-24(21-13-7-8-14-23-21)17-19-10-3-2-4-11-19/h2-4,7-8,10-11,13-14,18,20,22H,5-6,9,12,15-17H2,1H3. The Hall–Kier alpha value is -1.87. The topological polar surface area (TPSA) is 28.2 Å². The fraction of sp³-hybridized carbons (Fsp3) is 0.476. The van der Waals surface area contributed by atoms with Crippen LogP contribution in [0, 0.1) is 5.92 Å². The lowest BCUT2D eigenvalue weighted by Crippen LogP contribution is -2.41. The van der Waals surface area contributed by atoms with E-state index in [9.17, 15) is 0 Å². The highest BCUT2D eigenvalue weighted by Gasteiger charge is 2.20. The van der Waals surface area contributed by atoms with Gasteiger partial charge in [0.2, 0.25) is 0 Å². The van der Waals surface area contributed by atoms with Crippen molar-refractivity contribution in [3.05, 3.63) is 60.3 Å². The summed E-state index contributed by atoms with van der Waals surface area (Å²) in [5.41, 5.74) is 1.33. The van der Waals surface area contributed by atoms with Crippen molar-refractivity contribution >= 4 is 5.82 Å². The van der Waals surface area contributed by atoms with E-state index in [1.54, 1.807) is 0 Å². The van der Waals surface area contributed by atoms with Crippen LogP contribution in [0.3, 0.4) is 0 Å². The molecular formula is C21H29N3. The van der Waals surface area contributed by atoms with Crippen molar-refractivity contribution < 1.29 is 0 Å². The lowest BCUT2D eigenvalue weighted by molar-refractivity contribution is 0.282. The Morgan fingerprint density at radius 3 is 2.58 bits per heavy atom. The van der Waals surface area contributed by atoms with E-state index < -0.39 is 0 Å². The van der Waals surface area contributed by atoms with Gasteiger partial charge in [-0.15, -0.1) is 0 Å². The highest BCUT2D eigenvalue weighted by molar-refractivity contribution is 5.39. The van der Waals surface area contributed by atoms with Crippen LogP contribution in [0.2, 0.25) is 0 Å². The molecule has 3 nitrogen and oxygen atoms in total. The molecule has 1 N–H and O–H groups in total. The van der Waals surface area contributed by atoms with Gasteiger partial charge in [-0.05, 0) is 36.5 Å². The van der Waals surface area contributed by atoms with Gasteiger partial charge in [0, 0.05) is 31.9 Å². The van der Waals surface area contributed by atoms with E-state index in [0.717, 1.165) is 31.4 Å². The van der Waals surface area contributed by atoms with E-state index in [-0.39, 0.29) is 0 Å². The van der Waals surface area contributed by atoms with Gasteiger partial charge in [0.1, 0.15) is 5.82 Å². The molecule has 128 valence electrons. The molecule has 1 aliphatic rings. The fourth-order valence-corrected chi connectivity index (χ4v) is 3.62. The third-order valence-electron chi connectivity index (χ3n) is 5.09. The molecule has 0 amide bonds. The van der Waals surface area contributed by atoms with Crippen molar-refractivity contribution in [2.24, 2.45) is 5.92 Å². The largest absolute Gasteiger partial charge is 0.351 e. The average Bonchev–Trinajstić information content (AvgIpc) is 2.64. The van der Waals surface area contributed by atoms with Crippen LogP contribution in [0.15, 0.2) is 54.7 Å². The first kappa shape index (κ1) is 17.0. The summed E-state index contributed by atoms with van der Waals surface area (Å²) < 4.78 is 0. The molecule has 2 atom stereocenters. The van der Waals surface area contributed by atoms with Gasteiger partial charge in [-0.2, -0.15) is 0 Å². The van der Waals surface area contributed by atoms with Crippen molar-refractivity contribution in [2.45, 2.75) is 45.2 Å². The van der Waals surface area contributed by atoms with E-state index in [0.29, 0.717) is 6.04 Å². The van der Waals surface area contributed by atoms with Gasteiger partial charge < -0.3 is 10.2 Å². The van der Waals surface area contributed by atoms with Gasteiger partial charge >= 0.3 is 0 Å². The third-order valence-corrected chi connectivity index (χ3v) is 5.09. The summed E-state index contributed by atoms with van der Waals surface area (Å²) in [6.07, 6.45) is 7.34. The molecule has 1 saturated carbocycles. The van der Waals surface area contributed by atoms with Gasteiger partial charge in [-0.25, -0.2) is 4.98 Å². The quantitative estimate of drug-likeness (QED) is 0.825. The molecule has 1 aromatic carbocycles. The van der Waals surface area contributed by atoms with Crippen molar-refractivity contribution in [3.63, 3.8) is 0 Å². The Morgan fingerprint density at radius 2 is 1.83 bits per heavy atom. The molecule has 0 spiro atoms. The first-order valence-corrected chi connectivity index (χ1v) is 9.26. The highest BCUT2D eigenvalue weighted by atomic mass is 15.2. The maximum absolute atomic E-state index is 4.55. The molecule has 2 unspecified atom stereocenters. The zero-order chi connectivity index (χ0) is 16.6. The van der Waals surface area contributed by atoms with Crippen LogP contribution in [-0.4, -0.2) is 24.1 Å². The van der Waals surface area contributed by atoms with Crippen molar-refractivity contribution in [1.29, 1.82) is 0 Å². The van der Waals surface area contributed by atoms with E-state index in [2.05, 4.69) is 64.6 Å². The number of anilines is 1. The van der Waals surface area contributed by atoms with Crippen LogP contribution < -0.4 is 10.2 Å². The first-order chi connectivity index (χ1) is 11.8. The maximum atomic E-state index is 4.55. The summed E-state index contributed by atoms with van der Waals surface area (Å²) >= 11 is 0. The maximum Gasteiger partial charge on any atom is 0.128 e. The molecule has 2 aromatic rings. The predicted octanol–water partition coefficient (Wildman–Crippen LogP) is 4.26. The van der Waals surface area contributed by atoms with Crippen LogP contribution in [-0.2, 0) is 6.54 Å². The minimum Gasteiger partial charge on any atom is -0.351 e. The molecule has 0 radical (unpaired) electrons. The second-order valence-electron chi connectivity index (χ2n) is 6.92. The Balaban J connectivity index is 1.60. The van der Waals surface area contributed by atoms with Crippen LogP contribution in [0.25, 0.3) is 0 Å². The smallest absolute Gasteiger partial charge is 0.128 e. The summed E-state index contributed by atoms with van der Waals surface area (Å²) in [6, 6.07) is 17.5. The molecule has 3 heteroatoms. The van der Waals surface area contributed by atoms with Gasteiger partial charge in [0.15, 0.2) is 0 Å². The summed E-state index contributed by atoms with van der Waals surface area (Å²) in [6.45, 7) is 5.28. The molecule has 3 rings (SSSR count). The summed E-state index contributed by atoms with van der Waals surface area (Å²) in [7, 11) is 0. The molecular weight excluding hydrogens is 294 g/mol. The minimum absolute atomic E-state index is 0.682. The number of aromatic nitrogens is 1. The van der Waals surface area contributed by atoms with E-state index in [1.165, 1.54) is 31.2 Å². The lowest BCUT2D eigenvalue weighted by Gasteiger charge is -2.31. The van der Waals surface area contributed by atoms with E-state index in [1.807, 2.05) is 12.3 Å². The molecule has 0 bridgehead atoms. The summed E-state index contributed by atoms with van der Waals surface area (Å²) in [5.74, 6) is 1.86. The highest BCUT2D eigenvalue weighted by Crippen LogP contribution is 2.23. The molecule has 1 fully saturated rings. The van der Waals surface area contributed by atoms with Gasteiger partial charge in [-0.1, -0.05) is 56.2 Å². The number of pyridine rings is 1. The lowest BCUT2D eigenvalue weighted by atomic mass is 9.86. The summed E-state index contributed by atoms with van der Waals surface area (Å²) in [5, 5.41) is 3.79. The number of rotatable bonds is 7. The molecule has 1 heterocycles. The molecule has 0 saturated heterocycles. The Labute approximate surface area is 146 Å². The van der Waals surface area contributed by atoms with E-state index in [4.69, 9.17) is 0 Å².